The largest absolute Gasteiger partial charge is 0.314 e. The summed E-state index contributed by atoms with van der Waals surface area (Å²) in [6.07, 6.45) is 0. The molecule has 13 heavy (non-hydrogen) atoms. The van der Waals surface area contributed by atoms with E-state index in [9.17, 15) is 0 Å². The van der Waals surface area contributed by atoms with E-state index < -0.39 is 0 Å². The minimum Gasteiger partial charge on any atom is -0.314 e. The summed E-state index contributed by atoms with van der Waals surface area (Å²) in [6.45, 7) is 3.32. The molecule has 0 aromatic carbocycles. The molecule has 1 aliphatic rings. The van der Waals surface area contributed by atoms with Crippen molar-refractivity contribution >= 4 is 27.3 Å². The van der Waals surface area contributed by atoms with Gasteiger partial charge in [-0.3, -0.25) is 4.90 Å². The van der Waals surface area contributed by atoms with Gasteiger partial charge in [0.2, 0.25) is 0 Å². The van der Waals surface area contributed by atoms with E-state index in [4.69, 9.17) is 0 Å². The first-order valence-electron chi connectivity index (χ1n) is 4.43. The molecule has 0 spiro atoms. The van der Waals surface area contributed by atoms with Crippen LogP contribution in [0.3, 0.4) is 0 Å². The Hall–Kier alpha value is 0.1000. The van der Waals surface area contributed by atoms with E-state index in [1.807, 2.05) is 11.3 Å². The lowest BCUT2D eigenvalue weighted by atomic mass is 10.2. The summed E-state index contributed by atoms with van der Waals surface area (Å²) < 4.78 is 1.22. The van der Waals surface area contributed by atoms with Gasteiger partial charge in [-0.2, -0.15) is 0 Å². The maximum Gasteiger partial charge on any atom is 0.0702 e. The summed E-state index contributed by atoms with van der Waals surface area (Å²) in [7, 11) is 2.19. The van der Waals surface area contributed by atoms with Gasteiger partial charge in [0.05, 0.1) is 9.83 Å². The second kappa shape index (κ2) is 4.09. The van der Waals surface area contributed by atoms with Crippen molar-refractivity contribution in [3.63, 3.8) is 0 Å². The summed E-state index contributed by atoms with van der Waals surface area (Å²) in [6, 6.07) is 4.90. The standard InChI is InChI=1S/C9H13BrN2S/c1-12-5-4-11-6-7(12)8-2-3-9(10)13-8/h2-3,7,11H,4-6H2,1H3. The summed E-state index contributed by atoms with van der Waals surface area (Å²) >= 11 is 5.33. The van der Waals surface area contributed by atoms with Gasteiger partial charge in [0.15, 0.2) is 0 Å². The molecule has 0 amide bonds. The van der Waals surface area contributed by atoms with Crippen molar-refractivity contribution in [1.29, 1.82) is 0 Å². The molecule has 1 atom stereocenters. The van der Waals surface area contributed by atoms with E-state index in [1.54, 1.807) is 0 Å². The third kappa shape index (κ3) is 2.13. The van der Waals surface area contributed by atoms with Gasteiger partial charge in [-0.25, -0.2) is 0 Å². The second-order valence-electron chi connectivity index (χ2n) is 3.34. The van der Waals surface area contributed by atoms with Crippen LogP contribution in [0.4, 0.5) is 0 Å². The van der Waals surface area contributed by atoms with Gasteiger partial charge >= 0.3 is 0 Å². The van der Waals surface area contributed by atoms with E-state index in [2.05, 4.69) is 45.3 Å². The fourth-order valence-electron chi connectivity index (χ4n) is 1.63. The van der Waals surface area contributed by atoms with E-state index in [1.165, 1.54) is 8.66 Å². The van der Waals surface area contributed by atoms with Crippen LogP contribution < -0.4 is 5.32 Å². The van der Waals surface area contributed by atoms with Crippen LogP contribution in [0.1, 0.15) is 10.9 Å². The van der Waals surface area contributed by atoms with Crippen LogP contribution in [0.2, 0.25) is 0 Å². The average molecular weight is 261 g/mol. The first-order valence-corrected chi connectivity index (χ1v) is 6.04. The minimum atomic E-state index is 0.560. The monoisotopic (exact) mass is 260 g/mol. The third-order valence-electron chi connectivity index (χ3n) is 2.43. The molecule has 72 valence electrons. The van der Waals surface area contributed by atoms with E-state index >= 15 is 0 Å². The molecular formula is C9H13BrN2S. The highest BCUT2D eigenvalue weighted by Gasteiger charge is 2.21. The highest BCUT2D eigenvalue weighted by atomic mass is 79.9. The Balaban J connectivity index is 2.14. The predicted octanol–water partition coefficient (Wildman–Crippen LogP) is 2.09. The lowest BCUT2D eigenvalue weighted by Crippen LogP contribution is -2.43. The summed E-state index contributed by atoms with van der Waals surface area (Å²) in [5.74, 6) is 0. The van der Waals surface area contributed by atoms with Gasteiger partial charge in [0.25, 0.3) is 0 Å². The zero-order valence-electron chi connectivity index (χ0n) is 7.59. The first-order chi connectivity index (χ1) is 6.27. The summed E-state index contributed by atoms with van der Waals surface area (Å²) in [5, 5.41) is 3.42. The Morgan fingerprint density at radius 3 is 3.08 bits per heavy atom. The molecular weight excluding hydrogens is 248 g/mol. The van der Waals surface area contributed by atoms with Crippen molar-refractivity contribution in [2.75, 3.05) is 26.7 Å². The highest BCUT2D eigenvalue weighted by molar-refractivity contribution is 9.11. The normalized spacial score (nSPS) is 24.9. The number of hydrogen-bond donors (Lipinski definition) is 1. The Labute approximate surface area is 91.1 Å². The van der Waals surface area contributed by atoms with Gasteiger partial charge in [-0.15, -0.1) is 11.3 Å². The second-order valence-corrected chi connectivity index (χ2v) is 5.84. The first kappa shape index (κ1) is 9.65. The number of halogens is 1. The fraction of sp³-hybridized carbons (Fsp3) is 0.556. The van der Waals surface area contributed by atoms with E-state index in [0.717, 1.165) is 19.6 Å². The molecule has 2 heterocycles. The summed E-state index contributed by atoms with van der Waals surface area (Å²) in [5.41, 5.74) is 0. The predicted molar refractivity (Wildman–Crippen MR) is 60.3 cm³/mol. The average Bonchev–Trinajstić information content (AvgIpc) is 2.53. The van der Waals surface area contributed by atoms with E-state index in [-0.39, 0.29) is 0 Å². The van der Waals surface area contributed by atoms with Crippen LogP contribution in [0, 0.1) is 0 Å². The Bertz CT molecular complexity index is 287. The fourth-order valence-corrected chi connectivity index (χ4v) is 3.22. The molecule has 1 aromatic heterocycles. The smallest absolute Gasteiger partial charge is 0.0702 e. The number of piperazine rings is 1. The number of rotatable bonds is 1. The van der Waals surface area contributed by atoms with Crippen molar-refractivity contribution in [3.05, 3.63) is 20.8 Å². The van der Waals surface area contributed by atoms with Gasteiger partial charge in [0.1, 0.15) is 0 Å². The van der Waals surface area contributed by atoms with Gasteiger partial charge in [-0.1, -0.05) is 0 Å². The van der Waals surface area contributed by atoms with Crippen molar-refractivity contribution in [2.45, 2.75) is 6.04 Å². The Morgan fingerprint density at radius 2 is 2.46 bits per heavy atom. The molecule has 1 unspecified atom stereocenters. The molecule has 0 saturated carbocycles. The van der Waals surface area contributed by atoms with Crippen LogP contribution in [-0.2, 0) is 0 Å². The lowest BCUT2D eigenvalue weighted by molar-refractivity contribution is 0.205. The van der Waals surface area contributed by atoms with Crippen LogP contribution >= 0.6 is 27.3 Å². The topological polar surface area (TPSA) is 15.3 Å². The molecule has 0 bridgehead atoms. The lowest BCUT2D eigenvalue weighted by Gasteiger charge is -2.32. The molecule has 1 aliphatic heterocycles. The van der Waals surface area contributed by atoms with Gasteiger partial charge in [0, 0.05) is 24.5 Å². The molecule has 0 radical (unpaired) electrons. The maximum atomic E-state index is 3.50. The van der Waals surface area contributed by atoms with Gasteiger partial charge in [-0.05, 0) is 35.1 Å². The van der Waals surface area contributed by atoms with Crippen molar-refractivity contribution < 1.29 is 0 Å². The van der Waals surface area contributed by atoms with Crippen molar-refractivity contribution in [1.82, 2.24) is 10.2 Å². The third-order valence-corrected chi connectivity index (χ3v) is 4.16. The number of thiophene rings is 1. The molecule has 0 aliphatic carbocycles. The Kier molecular flexibility index (Phi) is 3.03. The highest BCUT2D eigenvalue weighted by Crippen LogP contribution is 2.30. The minimum absolute atomic E-state index is 0.560. The number of hydrogen-bond acceptors (Lipinski definition) is 3. The molecule has 1 aromatic rings. The van der Waals surface area contributed by atoms with Crippen LogP contribution in [-0.4, -0.2) is 31.6 Å². The zero-order chi connectivity index (χ0) is 9.26. The van der Waals surface area contributed by atoms with E-state index in [0.29, 0.717) is 6.04 Å². The van der Waals surface area contributed by atoms with Gasteiger partial charge < -0.3 is 5.32 Å². The zero-order valence-corrected chi connectivity index (χ0v) is 9.99. The molecule has 1 fully saturated rings. The van der Waals surface area contributed by atoms with Crippen LogP contribution in [0.5, 0.6) is 0 Å². The molecule has 1 saturated heterocycles. The number of likely N-dealkylation sites (N-methyl/N-ethyl adjacent to an activating group) is 1. The number of nitrogens with one attached hydrogen (secondary N) is 1. The SMILES string of the molecule is CN1CCNCC1c1ccc(Br)s1. The van der Waals surface area contributed by atoms with Crippen molar-refractivity contribution in [3.8, 4) is 0 Å². The molecule has 1 N–H and O–H groups in total. The quantitative estimate of drug-likeness (QED) is 0.832. The van der Waals surface area contributed by atoms with Crippen molar-refractivity contribution in [2.24, 2.45) is 0 Å². The maximum absolute atomic E-state index is 3.50. The summed E-state index contributed by atoms with van der Waals surface area (Å²) in [4.78, 5) is 3.86. The molecule has 4 heteroatoms. The Morgan fingerprint density at radius 1 is 1.62 bits per heavy atom. The molecule has 2 nitrogen and oxygen atoms in total. The van der Waals surface area contributed by atoms with Crippen LogP contribution in [0.25, 0.3) is 0 Å². The number of nitrogens with zero attached hydrogens (tertiary/aromatic N) is 1. The molecule has 2 rings (SSSR count). The van der Waals surface area contributed by atoms with Crippen LogP contribution in [0.15, 0.2) is 15.9 Å².